The van der Waals surface area contributed by atoms with Crippen LogP contribution in [0.25, 0.3) is 6.08 Å². The molecule has 1 aromatic carbocycles. The molecule has 1 aromatic rings. The number of phenols is 1. The first-order valence-corrected chi connectivity index (χ1v) is 11.0. The first-order valence-electron chi connectivity index (χ1n) is 11.0. The largest absolute Gasteiger partial charge is 0.508 e. The van der Waals surface area contributed by atoms with Gasteiger partial charge in [0.1, 0.15) is 17.1 Å². The van der Waals surface area contributed by atoms with Crippen LogP contribution in [0, 0.1) is 6.92 Å². The van der Waals surface area contributed by atoms with Gasteiger partial charge in [-0.1, -0.05) is 35.5 Å². The number of aryl methyl sites for hydroxylation is 1. The number of hydrogen-bond acceptors (Lipinski definition) is 3. The number of ether oxygens (including phenoxy) is 1. The third-order valence-electron chi connectivity index (χ3n) is 5.54. The zero-order valence-electron chi connectivity index (χ0n) is 19.5. The standard InChI is InChI=1S/C27H36O4/c1-19(2)9-6-12-22(26(29)30)13-7-10-20(3)11-8-15-27(5)16-14-23-18-24(28)17-21(4)25(23)31-27/h9,11,13-14,16-18,28H,6-8,10,12,15H2,1-5H3,(H,29,30)/t27-/m1/s1. The summed E-state index contributed by atoms with van der Waals surface area (Å²) < 4.78 is 6.27. The molecule has 0 fully saturated rings. The van der Waals surface area contributed by atoms with Gasteiger partial charge in [0.25, 0.3) is 0 Å². The van der Waals surface area contributed by atoms with Crippen molar-refractivity contribution < 1.29 is 19.7 Å². The Hall–Kier alpha value is -2.75. The van der Waals surface area contributed by atoms with Gasteiger partial charge in [0, 0.05) is 11.1 Å². The molecule has 0 saturated heterocycles. The van der Waals surface area contributed by atoms with Crippen LogP contribution in [0.15, 0.2) is 53.2 Å². The van der Waals surface area contributed by atoms with Crippen molar-refractivity contribution >= 4 is 12.0 Å². The van der Waals surface area contributed by atoms with Gasteiger partial charge in [-0.3, -0.25) is 0 Å². The molecule has 1 atom stereocenters. The third kappa shape index (κ3) is 7.78. The fraction of sp³-hybridized carbons (Fsp3) is 0.444. The number of phenolic OH excluding ortho intramolecular Hbond substituents is 1. The Morgan fingerprint density at radius 2 is 1.77 bits per heavy atom. The van der Waals surface area contributed by atoms with Gasteiger partial charge in [-0.15, -0.1) is 0 Å². The molecule has 2 N–H and O–H groups in total. The normalized spacial score (nSPS) is 18.4. The summed E-state index contributed by atoms with van der Waals surface area (Å²) in [4.78, 5) is 11.4. The second-order valence-electron chi connectivity index (χ2n) is 8.91. The molecule has 2 rings (SSSR count). The number of aromatic hydroxyl groups is 1. The van der Waals surface area contributed by atoms with Gasteiger partial charge in [0.2, 0.25) is 0 Å². The van der Waals surface area contributed by atoms with Gasteiger partial charge in [0.05, 0.1) is 0 Å². The van der Waals surface area contributed by atoms with E-state index >= 15 is 0 Å². The highest BCUT2D eigenvalue weighted by Gasteiger charge is 2.27. The molecule has 0 radical (unpaired) electrons. The Labute approximate surface area is 186 Å². The molecular formula is C27H36O4. The smallest absolute Gasteiger partial charge is 0.331 e. The van der Waals surface area contributed by atoms with Crippen molar-refractivity contribution in [3.63, 3.8) is 0 Å². The minimum absolute atomic E-state index is 0.253. The highest BCUT2D eigenvalue weighted by molar-refractivity contribution is 5.86. The number of carbonyl (C=O) groups is 1. The fourth-order valence-corrected chi connectivity index (χ4v) is 3.71. The number of carboxylic acid groups (broad SMARTS) is 1. The number of fused-ring (bicyclic) bond motifs is 1. The maximum Gasteiger partial charge on any atom is 0.331 e. The van der Waals surface area contributed by atoms with E-state index in [-0.39, 0.29) is 11.4 Å². The number of rotatable bonds is 10. The summed E-state index contributed by atoms with van der Waals surface area (Å²) in [6, 6.07) is 3.45. The highest BCUT2D eigenvalue weighted by Crippen LogP contribution is 2.38. The van der Waals surface area contributed by atoms with Crippen molar-refractivity contribution in [2.45, 2.75) is 78.7 Å². The minimum atomic E-state index is -0.818. The van der Waals surface area contributed by atoms with Crippen LogP contribution in [0.3, 0.4) is 0 Å². The molecule has 0 bridgehead atoms. The Balaban J connectivity index is 1.87. The molecule has 31 heavy (non-hydrogen) atoms. The SMILES string of the molecule is CC(C)=CCCC(=CCCC(C)=CCC[C@]1(C)C=Cc2cc(O)cc(C)c2O1)C(=O)O. The number of benzene rings is 1. The van der Waals surface area contributed by atoms with Gasteiger partial charge in [-0.2, -0.15) is 0 Å². The van der Waals surface area contributed by atoms with E-state index in [2.05, 4.69) is 32.1 Å². The summed E-state index contributed by atoms with van der Waals surface area (Å²) in [7, 11) is 0. The molecule has 0 spiro atoms. The molecule has 0 saturated carbocycles. The summed E-state index contributed by atoms with van der Waals surface area (Å²) in [5, 5.41) is 19.1. The fourth-order valence-electron chi connectivity index (χ4n) is 3.71. The number of allylic oxidation sites excluding steroid dienone is 5. The van der Waals surface area contributed by atoms with E-state index in [1.165, 1.54) is 11.1 Å². The third-order valence-corrected chi connectivity index (χ3v) is 5.54. The molecule has 4 heteroatoms. The van der Waals surface area contributed by atoms with Gasteiger partial charge < -0.3 is 14.9 Å². The lowest BCUT2D eigenvalue weighted by molar-refractivity contribution is -0.132. The molecular weight excluding hydrogens is 388 g/mol. The molecule has 0 aliphatic carbocycles. The maximum absolute atomic E-state index is 11.4. The van der Waals surface area contributed by atoms with E-state index < -0.39 is 5.97 Å². The van der Waals surface area contributed by atoms with Crippen LogP contribution in [0.5, 0.6) is 11.5 Å². The molecule has 0 aromatic heterocycles. The average molecular weight is 425 g/mol. The number of carboxylic acids is 1. The quantitative estimate of drug-likeness (QED) is 0.310. The topological polar surface area (TPSA) is 66.8 Å². The Morgan fingerprint density at radius 1 is 1.06 bits per heavy atom. The van der Waals surface area contributed by atoms with Gasteiger partial charge >= 0.3 is 5.97 Å². The molecule has 168 valence electrons. The Bertz CT molecular complexity index is 913. The molecule has 1 aliphatic heterocycles. The van der Waals surface area contributed by atoms with Crippen molar-refractivity contribution in [2.75, 3.05) is 0 Å². The van der Waals surface area contributed by atoms with Crippen LogP contribution in [-0.2, 0) is 4.79 Å². The van der Waals surface area contributed by atoms with E-state index in [0.29, 0.717) is 12.0 Å². The van der Waals surface area contributed by atoms with Crippen molar-refractivity contribution in [3.05, 3.63) is 64.3 Å². The van der Waals surface area contributed by atoms with E-state index in [1.54, 1.807) is 12.1 Å². The molecule has 4 nitrogen and oxygen atoms in total. The van der Waals surface area contributed by atoms with E-state index in [1.807, 2.05) is 32.9 Å². The zero-order valence-corrected chi connectivity index (χ0v) is 19.5. The first kappa shape index (κ1) is 24.5. The van der Waals surface area contributed by atoms with Crippen LogP contribution < -0.4 is 4.74 Å². The summed E-state index contributed by atoms with van der Waals surface area (Å²) in [5.41, 5.74) is 4.43. The average Bonchev–Trinajstić information content (AvgIpc) is 2.67. The first-order chi connectivity index (χ1) is 14.6. The second-order valence-corrected chi connectivity index (χ2v) is 8.91. The molecule has 0 unspecified atom stereocenters. The van der Waals surface area contributed by atoms with Crippen LogP contribution in [-0.4, -0.2) is 21.8 Å². The van der Waals surface area contributed by atoms with Crippen LogP contribution in [0.2, 0.25) is 0 Å². The predicted molar refractivity (Wildman–Crippen MR) is 128 cm³/mol. The van der Waals surface area contributed by atoms with Gasteiger partial charge in [0.15, 0.2) is 0 Å². The second kappa shape index (κ2) is 11.0. The Kier molecular flexibility index (Phi) is 8.73. The number of hydrogen-bond donors (Lipinski definition) is 2. The summed E-state index contributed by atoms with van der Waals surface area (Å²) in [6.07, 6.45) is 14.9. The summed E-state index contributed by atoms with van der Waals surface area (Å²) in [5.74, 6) is 0.272. The van der Waals surface area contributed by atoms with Crippen LogP contribution >= 0.6 is 0 Å². The van der Waals surface area contributed by atoms with Crippen molar-refractivity contribution in [3.8, 4) is 11.5 Å². The predicted octanol–water partition coefficient (Wildman–Crippen LogP) is 7.13. The van der Waals surface area contributed by atoms with Gasteiger partial charge in [-0.25, -0.2) is 4.79 Å². The van der Waals surface area contributed by atoms with Crippen molar-refractivity contribution in [1.82, 2.24) is 0 Å². The maximum atomic E-state index is 11.4. The van der Waals surface area contributed by atoms with E-state index in [9.17, 15) is 15.0 Å². The lowest BCUT2D eigenvalue weighted by Gasteiger charge is -2.32. The van der Waals surface area contributed by atoms with Crippen LogP contribution in [0.4, 0.5) is 0 Å². The van der Waals surface area contributed by atoms with E-state index in [4.69, 9.17) is 4.74 Å². The monoisotopic (exact) mass is 424 g/mol. The summed E-state index contributed by atoms with van der Waals surface area (Å²) >= 11 is 0. The Morgan fingerprint density at radius 3 is 2.45 bits per heavy atom. The van der Waals surface area contributed by atoms with Gasteiger partial charge in [-0.05, 0) is 96.9 Å². The van der Waals surface area contributed by atoms with Crippen LogP contribution in [0.1, 0.15) is 77.3 Å². The van der Waals surface area contributed by atoms with Crippen molar-refractivity contribution in [1.29, 1.82) is 0 Å². The minimum Gasteiger partial charge on any atom is -0.508 e. The summed E-state index contributed by atoms with van der Waals surface area (Å²) in [6.45, 7) is 10.2. The van der Waals surface area contributed by atoms with Crippen molar-refractivity contribution in [2.24, 2.45) is 0 Å². The molecule has 1 heterocycles. The van der Waals surface area contributed by atoms with E-state index in [0.717, 1.165) is 49.0 Å². The lowest BCUT2D eigenvalue weighted by Crippen LogP contribution is -2.32. The number of aliphatic carboxylic acids is 1. The highest BCUT2D eigenvalue weighted by atomic mass is 16.5. The molecule has 0 amide bonds. The lowest BCUT2D eigenvalue weighted by atomic mass is 9.93. The molecule has 1 aliphatic rings. The zero-order chi connectivity index (χ0) is 23.0.